The maximum Gasteiger partial charge on any atom is 0.328 e. The van der Waals surface area contributed by atoms with Crippen LogP contribution in [-0.4, -0.2) is 64.3 Å². The molecule has 1 aliphatic heterocycles. The van der Waals surface area contributed by atoms with Crippen LogP contribution in [0, 0.1) is 5.92 Å². The van der Waals surface area contributed by atoms with Crippen LogP contribution in [0.15, 0.2) is 36.4 Å². The fourth-order valence-electron chi connectivity index (χ4n) is 3.56. The van der Waals surface area contributed by atoms with E-state index < -0.39 is 6.04 Å². The first-order chi connectivity index (χ1) is 13.5. The molecule has 1 fully saturated rings. The lowest BCUT2D eigenvalue weighted by molar-refractivity contribution is -1.01. The zero-order chi connectivity index (χ0) is 20.4. The first kappa shape index (κ1) is 22.1. The van der Waals surface area contributed by atoms with Crippen LogP contribution in [0.5, 0.6) is 0 Å². The SMILES string of the molecule is COC(=O)[C@@H](CC(C)C)NC(=O)C[NH+]1CC[NH+](C/C=C/c2ccccc2)CC1. The summed E-state index contributed by atoms with van der Waals surface area (Å²) < 4.78 is 4.82. The summed E-state index contributed by atoms with van der Waals surface area (Å²) in [6.45, 7) is 9.52. The third-order valence-corrected chi connectivity index (χ3v) is 5.12. The van der Waals surface area contributed by atoms with Gasteiger partial charge in [0, 0.05) is 0 Å². The number of ether oxygens (including phenoxy) is 1. The van der Waals surface area contributed by atoms with Crippen LogP contribution >= 0.6 is 0 Å². The monoisotopic (exact) mass is 389 g/mol. The van der Waals surface area contributed by atoms with Crippen molar-refractivity contribution in [3.05, 3.63) is 42.0 Å². The highest BCUT2D eigenvalue weighted by molar-refractivity contribution is 5.84. The number of quaternary nitrogens is 2. The summed E-state index contributed by atoms with van der Waals surface area (Å²) in [4.78, 5) is 27.1. The Morgan fingerprint density at radius 3 is 2.36 bits per heavy atom. The number of amides is 1. The predicted molar refractivity (Wildman–Crippen MR) is 110 cm³/mol. The van der Waals surface area contributed by atoms with E-state index in [0.717, 1.165) is 32.7 Å². The highest BCUT2D eigenvalue weighted by atomic mass is 16.5. The molecule has 0 unspecified atom stereocenters. The molecule has 1 saturated heterocycles. The first-order valence-corrected chi connectivity index (χ1v) is 10.2. The van der Waals surface area contributed by atoms with Gasteiger partial charge in [0.05, 0.1) is 13.7 Å². The van der Waals surface area contributed by atoms with Gasteiger partial charge in [0.2, 0.25) is 0 Å². The highest BCUT2D eigenvalue weighted by Crippen LogP contribution is 2.05. The Labute approximate surface area is 168 Å². The third-order valence-electron chi connectivity index (χ3n) is 5.12. The van der Waals surface area contributed by atoms with Gasteiger partial charge in [-0.25, -0.2) is 4.79 Å². The minimum atomic E-state index is -0.549. The fraction of sp³-hybridized carbons (Fsp3) is 0.545. The van der Waals surface area contributed by atoms with Gasteiger partial charge in [0.1, 0.15) is 32.2 Å². The molecular weight excluding hydrogens is 354 g/mol. The number of nitrogens with one attached hydrogen (secondary N) is 3. The number of benzene rings is 1. The molecule has 1 atom stereocenters. The number of hydrogen-bond acceptors (Lipinski definition) is 3. The lowest BCUT2D eigenvalue weighted by Crippen LogP contribution is -3.28. The van der Waals surface area contributed by atoms with Crippen molar-refractivity contribution in [1.82, 2.24) is 5.32 Å². The Hall–Kier alpha value is -2.18. The minimum Gasteiger partial charge on any atom is -0.467 e. The molecule has 3 N–H and O–H groups in total. The molecule has 0 bridgehead atoms. The molecule has 0 aliphatic carbocycles. The molecule has 0 radical (unpaired) electrons. The second-order valence-electron chi connectivity index (χ2n) is 7.97. The second-order valence-corrected chi connectivity index (χ2v) is 7.97. The van der Waals surface area contributed by atoms with Gasteiger partial charge in [-0.1, -0.05) is 50.3 Å². The summed E-state index contributed by atoms with van der Waals surface area (Å²) in [5, 5.41) is 2.86. The second kappa shape index (κ2) is 11.6. The fourth-order valence-corrected chi connectivity index (χ4v) is 3.56. The molecule has 1 aromatic rings. The summed E-state index contributed by atoms with van der Waals surface area (Å²) in [6, 6.07) is 9.78. The van der Waals surface area contributed by atoms with Crippen molar-refractivity contribution < 1.29 is 24.1 Å². The van der Waals surface area contributed by atoms with Crippen molar-refractivity contribution in [2.45, 2.75) is 26.3 Å². The Bertz CT molecular complexity index is 638. The van der Waals surface area contributed by atoms with Crippen molar-refractivity contribution in [3.8, 4) is 0 Å². The summed E-state index contributed by atoms with van der Waals surface area (Å²) in [6.07, 6.45) is 5.00. The van der Waals surface area contributed by atoms with Crippen LogP contribution in [0.1, 0.15) is 25.8 Å². The summed E-state index contributed by atoms with van der Waals surface area (Å²) in [7, 11) is 1.36. The lowest BCUT2D eigenvalue weighted by atomic mass is 10.0. The number of esters is 1. The van der Waals surface area contributed by atoms with E-state index in [0.29, 0.717) is 18.9 Å². The van der Waals surface area contributed by atoms with Crippen LogP contribution in [0.2, 0.25) is 0 Å². The average molecular weight is 390 g/mol. The standard InChI is InChI=1S/C22H33N3O3/c1-18(2)16-20(22(27)28-3)23-21(26)17-25-14-12-24(13-15-25)11-7-10-19-8-5-4-6-9-19/h4-10,18,20H,11-17H2,1-3H3,(H,23,26)/p+2/b10-7+/t20-/m1/s1. The van der Waals surface area contributed by atoms with E-state index in [2.05, 4.69) is 29.6 Å². The van der Waals surface area contributed by atoms with Crippen molar-refractivity contribution in [2.75, 3.05) is 46.4 Å². The number of carbonyl (C=O) groups is 2. The topological polar surface area (TPSA) is 64.3 Å². The quantitative estimate of drug-likeness (QED) is 0.484. The molecule has 0 aromatic heterocycles. The molecule has 6 heteroatoms. The van der Waals surface area contributed by atoms with Gasteiger partial charge in [0.25, 0.3) is 5.91 Å². The Kier molecular flexibility index (Phi) is 9.17. The van der Waals surface area contributed by atoms with Gasteiger partial charge in [-0.15, -0.1) is 0 Å². The normalized spacial score (nSPS) is 20.9. The third kappa shape index (κ3) is 7.82. The van der Waals surface area contributed by atoms with Crippen LogP contribution in [-0.2, 0) is 14.3 Å². The molecule has 1 heterocycles. The predicted octanol–water partition coefficient (Wildman–Crippen LogP) is -0.813. The van der Waals surface area contributed by atoms with Gasteiger partial charge in [-0.2, -0.15) is 0 Å². The maximum atomic E-state index is 12.4. The lowest BCUT2D eigenvalue weighted by Gasteiger charge is -2.29. The van der Waals surface area contributed by atoms with E-state index in [9.17, 15) is 9.59 Å². The van der Waals surface area contributed by atoms with Crippen LogP contribution in [0.25, 0.3) is 6.08 Å². The molecular formula is C22H35N3O3+2. The van der Waals surface area contributed by atoms with E-state index in [1.807, 2.05) is 32.0 Å². The van der Waals surface area contributed by atoms with E-state index in [1.54, 1.807) is 4.90 Å². The van der Waals surface area contributed by atoms with Gasteiger partial charge in [-0.3, -0.25) is 4.79 Å². The largest absolute Gasteiger partial charge is 0.467 e. The minimum absolute atomic E-state index is 0.0709. The summed E-state index contributed by atoms with van der Waals surface area (Å²) in [5.74, 6) is -0.122. The Morgan fingerprint density at radius 2 is 1.75 bits per heavy atom. The van der Waals surface area contributed by atoms with E-state index in [-0.39, 0.29) is 11.9 Å². The van der Waals surface area contributed by atoms with Crippen molar-refractivity contribution >= 4 is 18.0 Å². The van der Waals surface area contributed by atoms with Crippen molar-refractivity contribution in [2.24, 2.45) is 5.92 Å². The molecule has 2 rings (SSSR count). The molecule has 1 aliphatic rings. The zero-order valence-electron chi connectivity index (χ0n) is 17.4. The zero-order valence-corrected chi connectivity index (χ0v) is 17.4. The molecule has 6 nitrogen and oxygen atoms in total. The number of rotatable bonds is 9. The summed E-state index contributed by atoms with van der Waals surface area (Å²) >= 11 is 0. The molecule has 0 spiro atoms. The van der Waals surface area contributed by atoms with E-state index in [1.165, 1.54) is 17.6 Å². The van der Waals surface area contributed by atoms with Crippen LogP contribution in [0.4, 0.5) is 0 Å². The van der Waals surface area contributed by atoms with Crippen molar-refractivity contribution in [3.63, 3.8) is 0 Å². The average Bonchev–Trinajstić information content (AvgIpc) is 2.68. The Morgan fingerprint density at radius 1 is 1.11 bits per heavy atom. The molecule has 154 valence electrons. The van der Waals surface area contributed by atoms with Crippen molar-refractivity contribution in [1.29, 1.82) is 0 Å². The van der Waals surface area contributed by atoms with E-state index >= 15 is 0 Å². The van der Waals surface area contributed by atoms with Gasteiger partial charge < -0.3 is 19.9 Å². The molecule has 28 heavy (non-hydrogen) atoms. The number of carbonyl (C=O) groups excluding carboxylic acids is 2. The smallest absolute Gasteiger partial charge is 0.328 e. The summed E-state index contributed by atoms with van der Waals surface area (Å²) in [5.41, 5.74) is 1.23. The van der Waals surface area contributed by atoms with Gasteiger partial charge in [-0.05, 0) is 24.0 Å². The number of piperazine rings is 1. The maximum absolute atomic E-state index is 12.4. The molecule has 1 amide bonds. The molecule has 0 saturated carbocycles. The number of hydrogen-bond donors (Lipinski definition) is 3. The Balaban J connectivity index is 1.71. The van der Waals surface area contributed by atoms with Crippen LogP contribution in [0.3, 0.4) is 0 Å². The van der Waals surface area contributed by atoms with Crippen LogP contribution < -0.4 is 15.1 Å². The first-order valence-electron chi connectivity index (χ1n) is 10.2. The molecule has 1 aromatic carbocycles. The highest BCUT2D eigenvalue weighted by Gasteiger charge is 2.27. The van der Waals surface area contributed by atoms with E-state index in [4.69, 9.17) is 4.74 Å². The van der Waals surface area contributed by atoms with Gasteiger partial charge in [0.15, 0.2) is 6.54 Å². The number of methoxy groups -OCH3 is 1. The van der Waals surface area contributed by atoms with Gasteiger partial charge >= 0.3 is 5.97 Å².